The highest BCUT2D eigenvalue weighted by Crippen LogP contribution is 2.33. The van der Waals surface area contributed by atoms with Crippen LogP contribution in [0.4, 0.5) is 0 Å². The maximum atomic E-state index is 13.1. The van der Waals surface area contributed by atoms with Gasteiger partial charge in [-0.2, -0.15) is 5.10 Å². The average molecular weight is 466 g/mol. The van der Waals surface area contributed by atoms with Gasteiger partial charge in [0, 0.05) is 38.7 Å². The predicted octanol–water partition coefficient (Wildman–Crippen LogP) is 1.52. The first kappa shape index (κ1) is 21.9. The van der Waals surface area contributed by atoms with Crippen molar-refractivity contribution in [3.8, 4) is 22.8 Å². The molecule has 3 aromatic rings. The van der Waals surface area contributed by atoms with Crippen LogP contribution in [0.2, 0.25) is 0 Å². The molecule has 2 amide bonds. The van der Waals surface area contributed by atoms with Crippen LogP contribution < -0.4 is 9.47 Å². The van der Waals surface area contributed by atoms with Crippen molar-refractivity contribution >= 4 is 11.8 Å². The van der Waals surface area contributed by atoms with E-state index in [1.54, 1.807) is 41.6 Å². The Morgan fingerprint density at radius 2 is 2.00 bits per heavy atom. The van der Waals surface area contributed by atoms with E-state index in [1.165, 1.54) is 0 Å². The molecule has 0 radical (unpaired) electrons. The van der Waals surface area contributed by atoms with Gasteiger partial charge in [0.1, 0.15) is 22.9 Å². The quantitative estimate of drug-likeness (QED) is 0.521. The van der Waals surface area contributed by atoms with Crippen LogP contribution in [0, 0.1) is 0 Å². The van der Waals surface area contributed by atoms with Gasteiger partial charge in [0.25, 0.3) is 5.91 Å². The number of hydrogen-bond donors (Lipinski definition) is 0. The van der Waals surface area contributed by atoms with Crippen LogP contribution in [0.25, 0.3) is 11.3 Å². The van der Waals surface area contributed by atoms with E-state index < -0.39 is 0 Å². The largest absolute Gasteiger partial charge is 0.497 e. The third-order valence-corrected chi connectivity index (χ3v) is 6.39. The number of nitrogens with zero attached hydrogens (tertiary/aromatic N) is 7. The fourth-order valence-electron chi connectivity index (χ4n) is 4.39. The first-order chi connectivity index (χ1) is 16.5. The molecule has 4 heterocycles. The zero-order valence-corrected chi connectivity index (χ0v) is 19.5. The van der Waals surface area contributed by atoms with E-state index in [0.717, 1.165) is 24.2 Å². The van der Waals surface area contributed by atoms with Gasteiger partial charge >= 0.3 is 0 Å². The van der Waals surface area contributed by atoms with Crippen molar-refractivity contribution in [1.29, 1.82) is 0 Å². The fourth-order valence-corrected chi connectivity index (χ4v) is 4.39. The monoisotopic (exact) mass is 465 g/mol. The molecule has 5 rings (SSSR count). The normalized spacial score (nSPS) is 16.1. The van der Waals surface area contributed by atoms with Crippen molar-refractivity contribution in [3.63, 3.8) is 0 Å². The number of methoxy groups -OCH3 is 2. The van der Waals surface area contributed by atoms with Gasteiger partial charge in [0.2, 0.25) is 5.91 Å². The van der Waals surface area contributed by atoms with Crippen molar-refractivity contribution < 1.29 is 19.1 Å². The highest BCUT2D eigenvalue weighted by molar-refractivity contribution is 5.94. The summed E-state index contributed by atoms with van der Waals surface area (Å²) in [6, 6.07) is 7.30. The van der Waals surface area contributed by atoms with E-state index in [9.17, 15) is 9.59 Å². The molecule has 178 valence electrons. The summed E-state index contributed by atoms with van der Waals surface area (Å²) in [6.07, 6.45) is 3.37. The Kier molecular flexibility index (Phi) is 5.68. The number of hydrogen-bond acceptors (Lipinski definition) is 7. The standard InChI is InChI=1S/C23H27N7O4/c1-27-20(10-19(25-27)18-9-17(33-2)6-7-21(18)34-3)23(32)29-13-16(14-29)30-12-15(24-26-30)11-28-8-4-5-22(28)31/h6-7,9-10,12,16H,4-5,8,11,13-14H2,1-3H3. The molecule has 2 fully saturated rings. The Hall–Kier alpha value is -3.89. The summed E-state index contributed by atoms with van der Waals surface area (Å²) in [7, 11) is 4.95. The summed E-state index contributed by atoms with van der Waals surface area (Å²) in [5, 5.41) is 13.0. The molecule has 0 N–H and O–H groups in total. The number of carbonyl (C=O) groups excluding carboxylic acids is 2. The van der Waals surface area contributed by atoms with E-state index in [4.69, 9.17) is 9.47 Å². The molecule has 2 aliphatic rings. The molecule has 11 nitrogen and oxygen atoms in total. The Labute approximate surface area is 196 Å². The van der Waals surface area contributed by atoms with E-state index >= 15 is 0 Å². The molecule has 0 atom stereocenters. The lowest BCUT2D eigenvalue weighted by Crippen LogP contribution is -2.51. The molecule has 34 heavy (non-hydrogen) atoms. The molecule has 2 aliphatic heterocycles. The first-order valence-electron chi connectivity index (χ1n) is 11.2. The van der Waals surface area contributed by atoms with Gasteiger partial charge in [0.05, 0.1) is 38.7 Å². The zero-order chi connectivity index (χ0) is 23.8. The number of rotatable bonds is 7. The summed E-state index contributed by atoms with van der Waals surface area (Å²) in [5.74, 6) is 1.40. The second-order valence-electron chi connectivity index (χ2n) is 8.58. The number of aryl methyl sites for hydroxylation is 1. The van der Waals surface area contributed by atoms with Crippen molar-refractivity contribution in [1.82, 2.24) is 34.6 Å². The molecule has 0 bridgehead atoms. The Bertz CT molecular complexity index is 1230. The minimum Gasteiger partial charge on any atom is -0.497 e. The van der Waals surface area contributed by atoms with Crippen molar-refractivity contribution in [2.24, 2.45) is 7.05 Å². The Morgan fingerprint density at radius 3 is 2.71 bits per heavy atom. The highest BCUT2D eigenvalue weighted by atomic mass is 16.5. The summed E-state index contributed by atoms with van der Waals surface area (Å²) in [5.41, 5.74) is 2.65. The van der Waals surface area contributed by atoms with Gasteiger partial charge < -0.3 is 19.3 Å². The average Bonchev–Trinajstić information content (AvgIpc) is 3.53. The van der Waals surface area contributed by atoms with Gasteiger partial charge in [0.15, 0.2) is 0 Å². The second-order valence-corrected chi connectivity index (χ2v) is 8.58. The minimum absolute atomic E-state index is 0.0608. The van der Waals surface area contributed by atoms with E-state index in [2.05, 4.69) is 15.4 Å². The molecule has 0 unspecified atom stereocenters. The van der Waals surface area contributed by atoms with Gasteiger partial charge in [-0.05, 0) is 30.7 Å². The van der Waals surface area contributed by atoms with Crippen LogP contribution in [0.3, 0.4) is 0 Å². The number of carbonyl (C=O) groups is 2. The smallest absolute Gasteiger partial charge is 0.272 e. The van der Waals surface area contributed by atoms with Crippen LogP contribution in [0.1, 0.15) is 35.1 Å². The number of likely N-dealkylation sites (tertiary alicyclic amines) is 2. The molecular weight excluding hydrogens is 438 g/mol. The van der Waals surface area contributed by atoms with E-state index in [1.807, 2.05) is 29.3 Å². The molecule has 2 saturated heterocycles. The first-order valence-corrected chi connectivity index (χ1v) is 11.2. The number of benzene rings is 1. The van der Waals surface area contributed by atoms with Crippen molar-refractivity contribution in [2.45, 2.75) is 25.4 Å². The molecular formula is C23H27N7O4. The number of amides is 2. The van der Waals surface area contributed by atoms with Crippen molar-refractivity contribution in [2.75, 3.05) is 33.9 Å². The summed E-state index contributed by atoms with van der Waals surface area (Å²) >= 11 is 0. The fraction of sp³-hybridized carbons (Fsp3) is 0.435. The Balaban J connectivity index is 1.25. The summed E-state index contributed by atoms with van der Waals surface area (Å²) < 4.78 is 14.2. The predicted molar refractivity (Wildman–Crippen MR) is 121 cm³/mol. The third-order valence-electron chi connectivity index (χ3n) is 6.39. The topological polar surface area (TPSA) is 108 Å². The van der Waals surface area contributed by atoms with Crippen LogP contribution in [-0.4, -0.2) is 80.2 Å². The SMILES string of the molecule is COc1ccc(OC)c(-c2cc(C(=O)N3CC(n4cc(CN5CCCC5=O)nn4)C3)n(C)n2)c1. The lowest BCUT2D eigenvalue weighted by molar-refractivity contribution is -0.128. The highest BCUT2D eigenvalue weighted by Gasteiger charge is 2.35. The van der Waals surface area contributed by atoms with Gasteiger partial charge in [-0.25, -0.2) is 4.68 Å². The van der Waals surface area contributed by atoms with Gasteiger partial charge in [-0.1, -0.05) is 5.21 Å². The number of aromatic nitrogens is 5. The van der Waals surface area contributed by atoms with E-state index in [0.29, 0.717) is 48.9 Å². The second kappa shape index (κ2) is 8.81. The Morgan fingerprint density at radius 1 is 1.18 bits per heavy atom. The maximum Gasteiger partial charge on any atom is 0.272 e. The molecule has 0 spiro atoms. The molecule has 2 aromatic heterocycles. The lowest BCUT2D eigenvalue weighted by Gasteiger charge is -2.38. The molecule has 11 heteroatoms. The summed E-state index contributed by atoms with van der Waals surface area (Å²) in [4.78, 5) is 28.5. The maximum absolute atomic E-state index is 13.1. The number of ether oxygens (including phenoxy) is 2. The minimum atomic E-state index is -0.0950. The van der Waals surface area contributed by atoms with Crippen LogP contribution in [0.5, 0.6) is 11.5 Å². The summed E-state index contributed by atoms with van der Waals surface area (Å²) in [6.45, 7) is 2.33. The molecule has 0 saturated carbocycles. The van der Waals surface area contributed by atoms with Gasteiger partial charge in [-0.15, -0.1) is 5.10 Å². The molecule has 1 aromatic carbocycles. The zero-order valence-electron chi connectivity index (χ0n) is 19.5. The lowest BCUT2D eigenvalue weighted by atomic mass is 10.1. The van der Waals surface area contributed by atoms with Gasteiger partial charge in [-0.3, -0.25) is 14.3 Å². The van der Waals surface area contributed by atoms with Crippen LogP contribution in [0.15, 0.2) is 30.5 Å². The van der Waals surface area contributed by atoms with E-state index in [-0.39, 0.29) is 17.9 Å². The molecule has 0 aliphatic carbocycles. The third kappa shape index (κ3) is 3.97. The van der Waals surface area contributed by atoms with Crippen LogP contribution in [-0.2, 0) is 18.4 Å². The van der Waals surface area contributed by atoms with Crippen molar-refractivity contribution in [3.05, 3.63) is 41.9 Å². The van der Waals surface area contributed by atoms with Crippen LogP contribution >= 0.6 is 0 Å².